The quantitative estimate of drug-likeness (QED) is 0.171. The zero-order valence-corrected chi connectivity index (χ0v) is 36.6. The van der Waals surface area contributed by atoms with E-state index in [2.05, 4.69) is 42.8 Å². The summed E-state index contributed by atoms with van der Waals surface area (Å²) in [6.07, 6.45) is 4.71. The number of fused-ring (bicyclic) bond motifs is 10. The predicted octanol–water partition coefficient (Wildman–Crippen LogP) is 5.56. The molecule has 0 radical (unpaired) electrons. The smallest absolute Gasteiger partial charge is 0.261 e. The van der Waals surface area contributed by atoms with Crippen LogP contribution in [0.4, 0.5) is 11.4 Å². The van der Waals surface area contributed by atoms with Crippen LogP contribution in [-0.4, -0.2) is 126 Å². The van der Waals surface area contributed by atoms with E-state index >= 15 is 0 Å². The maximum atomic E-state index is 13.6. The lowest BCUT2D eigenvalue weighted by Gasteiger charge is -2.33. The van der Waals surface area contributed by atoms with Crippen LogP contribution in [0.1, 0.15) is 36.9 Å². The molecule has 6 fully saturated rings. The number of ether oxygens (including phenoxy) is 2. The predicted molar refractivity (Wildman–Crippen MR) is 247 cm³/mol. The van der Waals surface area contributed by atoms with Crippen LogP contribution in [0.5, 0.6) is 0 Å². The highest BCUT2D eigenvalue weighted by Gasteiger charge is 2.31. The highest BCUT2D eigenvalue weighted by atomic mass is 16.5. The summed E-state index contributed by atoms with van der Waals surface area (Å²) in [5.41, 5.74) is 6.39. The Morgan fingerprint density at radius 3 is 1.67 bits per heavy atom. The van der Waals surface area contributed by atoms with Gasteiger partial charge in [0.25, 0.3) is 11.1 Å². The van der Waals surface area contributed by atoms with E-state index in [1.54, 1.807) is 35.5 Å². The van der Waals surface area contributed by atoms with Crippen molar-refractivity contribution in [3.63, 3.8) is 0 Å². The third-order valence-corrected chi connectivity index (χ3v) is 13.3. The van der Waals surface area contributed by atoms with E-state index in [0.717, 1.165) is 61.9 Å². The molecule has 3 aromatic carbocycles. The molecule has 6 saturated heterocycles. The third kappa shape index (κ3) is 8.84. The van der Waals surface area contributed by atoms with E-state index in [9.17, 15) is 14.9 Å². The number of anilines is 2. The highest BCUT2D eigenvalue weighted by Crippen LogP contribution is 2.31. The van der Waals surface area contributed by atoms with Gasteiger partial charge in [-0.2, -0.15) is 5.26 Å². The second-order valence-corrected chi connectivity index (χ2v) is 17.1. The van der Waals surface area contributed by atoms with Gasteiger partial charge in [0, 0.05) is 101 Å². The summed E-state index contributed by atoms with van der Waals surface area (Å²) in [4.78, 5) is 51.6. The van der Waals surface area contributed by atoms with Gasteiger partial charge in [0.1, 0.15) is 11.5 Å². The Balaban J connectivity index is 0.000000160. The van der Waals surface area contributed by atoms with Crippen molar-refractivity contribution in [2.24, 2.45) is 0 Å². The fraction of sp³-hybridized carbons (Fsp3) is 0.429. The van der Waals surface area contributed by atoms with Gasteiger partial charge in [-0.1, -0.05) is 18.2 Å². The highest BCUT2D eigenvalue weighted by molar-refractivity contribution is 5.85. The second kappa shape index (κ2) is 18.8. The molecule has 0 unspecified atom stereocenters. The maximum absolute atomic E-state index is 13.6. The van der Waals surface area contributed by atoms with Crippen molar-refractivity contribution in [3.8, 4) is 29.0 Å². The van der Waals surface area contributed by atoms with Gasteiger partial charge < -0.3 is 29.1 Å². The zero-order valence-electron chi connectivity index (χ0n) is 36.6. The largest absolute Gasteiger partial charge is 0.383 e. The molecule has 63 heavy (non-hydrogen) atoms. The van der Waals surface area contributed by atoms with Crippen molar-refractivity contribution < 1.29 is 9.47 Å². The van der Waals surface area contributed by atoms with Crippen LogP contribution in [0.3, 0.4) is 0 Å². The Morgan fingerprint density at radius 1 is 0.619 bits per heavy atom. The molecule has 6 aromatic rings. The number of hydrogen-bond donors (Lipinski definition) is 0. The van der Waals surface area contributed by atoms with Crippen LogP contribution in [0.25, 0.3) is 44.7 Å². The Morgan fingerprint density at radius 2 is 1.14 bits per heavy atom. The molecule has 14 nitrogen and oxygen atoms in total. The average molecular weight is 849 g/mol. The van der Waals surface area contributed by atoms with Gasteiger partial charge in [-0.15, -0.1) is 0 Å². The molecule has 12 rings (SSSR count). The number of hydrogen-bond acceptors (Lipinski definition) is 12. The fourth-order valence-corrected chi connectivity index (χ4v) is 9.82. The van der Waals surface area contributed by atoms with E-state index in [4.69, 9.17) is 19.4 Å². The summed E-state index contributed by atoms with van der Waals surface area (Å²) in [7, 11) is 3.27. The molecule has 326 valence electrons. The number of methoxy groups -OCH3 is 2. The standard InChI is InChI=1S/C25H27N5O2.C24H29N5O2/c1-32-14-13-30-24(19-4-2-3-18(15-19)17-26)27-23-6-5-21(16-22(23)25(30)31)29-12-11-28-9-7-20(29)8-10-28;1-17-4-3-5-22(25-17)23-26-21-7-6-19(16-20(21)24(30)29(23)14-15-31-2)28-13-12-27-10-8-18(28)9-11-27/h2-6,15-16,20H,7-14H2,1H3;3-7,16,18H,8-15H2,1-2H3. The molecule has 3 aromatic heterocycles. The topological polar surface area (TPSA) is 138 Å². The molecule has 4 bridgehead atoms. The summed E-state index contributed by atoms with van der Waals surface area (Å²) >= 11 is 0. The number of rotatable bonds is 10. The van der Waals surface area contributed by atoms with Gasteiger partial charge in [-0.25, -0.2) is 15.0 Å². The first-order valence-corrected chi connectivity index (χ1v) is 22.3. The van der Waals surface area contributed by atoms with Crippen LogP contribution in [0.15, 0.2) is 88.5 Å². The molecule has 0 saturated carbocycles. The Kier molecular flexibility index (Phi) is 12.6. The first kappa shape index (κ1) is 42.3. The lowest BCUT2D eigenvalue weighted by molar-refractivity contribution is 0.186. The van der Waals surface area contributed by atoms with Crippen LogP contribution in [-0.2, 0) is 22.6 Å². The van der Waals surface area contributed by atoms with E-state index in [1.807, 2.05) is 61.5 Å². The Labute approximate surface area is 367 Å². The SMILES string of the molecule is COCCn1c(-c2cccc(C#N)c2)nc2ccc(N3CCN4CCC3CC4)cc2c1=O.COCCn1c(-c2cccc(C)n2)nc2ccc(N3CCN4CCC3CC4)cc2c1=O. The number of nitriles is 1. The Bertz CT molecular complexity index is 2760. The normalized spacial score (nSPS) is 20.6. The lowest BCUT2D eigenvalue weighted by atomic mass is 10.0. The number of nitrogens with zero attached hydrogens (tertiary/aromatic N) is 10. The third-order valence-electron chi connectivity index (χ3n) is 13.3. The van der Waals surface area contributed by atoms with Crippen molar-refractivity contribution in [2.45, 2.75) is 57.8 Å². The zero-order chi connectivity index (χ0) is 43.5. The molecule has 0 atom stereocenters. The number of aromatic nitrogens is 5. The number of pyridine rings is 1. The second-order valence-electron chi connectivity index (χ2n) is 17.1. The van der Waals surface area contributed by atoms with Crippen molar-refractivity contribution >= 4 is 33.2 Å². The number of aryl methyl sites for hydroxylation is 1. The first-order chi connectivity index (χ1) is 30.8. The molecular weight excluding hydrogens is 793 g/mol. The molecule has 0 amide bonds. The molecule has 0 spiro atoms. The lowest BCUT2D eigenvalue weighted by Crippen LogP contribution is -2.38. The number of benzene rings is 3. The summed E-state index contributed by atoms with van der Waals surface area (Å²) in [6, 6.07) is 28.5. The van der Waals surface area contributed by atoms with E-state index < -0.39 is 0 Å². The molecule has 6 aliphatic rings. The van der Waals surface area contributed by atoms with Crippen molar-refractivity contribution in [3.05, 3.63) is 111 Å². The van der Waals surface area contributed by atoms with Gasteiger partial charge in [0.15, 0.2) is 5.82 Å². The molecule has 9 heterocycles. The average Bonchev–Trinajstić information content (AvgIpc) is 3.83. The first-order valence-electron chi connectivity index (χ1n) is 22.3. The minimum Gasteiger partial charge on any atom is -0.383 e. The van der Waals surface area contributed by atoms with Gasteiger partial charge >= 0.3 is 0 Å². The molecule has 6 aliphatic heterocycles. The van der Waals surface area contributed by atoms with Crippen LogP contribution in [0, 0.1) is 18.3 Å². The van der Waals surface area contributed by atoms with E-state index in [-0.39, 0.29) is 11.1 Å². The summed E-state index contributed by atoms with van der Waals surface area (Å²) in [6.45, 7) is 12.4. The van der Waals surface area contributed by atoms with Crippen LogP contribution < -0.4 is 20.9 Å². The number of piperidine rings is 2. The van der Waals surface area contributed by atoms with E-state index in [1.165, 1.54) is 38.8 Å². The summed E-state index contributed by atoms with van der Waals surface area (Å²) in [5, 5.41) is 10.6. The molecular formula is C49H56N10O4. The molecule has 0 N–H and O–H groups in total. The Hall–Kier alpha value is -5.98. The van der Waals surface area contributed by atoms with Gasteiger partial charge in [-0.3, -0.25) is 18.7 Å². The van der Waals surface area contributed by atoms with Gasteiger partial charge in [0.2, 0.25) is 0 Å². The minimum absolute atomic E-state index is 0.0370. The summed E-state index contributed by atoms with van der Waals surface area (Å²) < 4.78 is 13.9. The van der Waals surface area contributed by atoms with Crippen LogP contribution in [0.2, 0.25) is 0 Å². The minimum atomic E-state index is -0.0749. The van der Waals surface area contributed by atoms with Crippen molar-refractivity contribution in [1.82, 2.24) is 33.9 Å². The maximum Gasteiger partial charge on any atom is 0.261 e. The van der Waals surface area contributed by atoms with Crippen molar-refractivity contribution in [1.29, 1.82) is 5.26 Å². The van der Waals surface area contributed by atoms with Crippen LogP contribution >= 0.6 is 0 Å². The fourth-order valence-electron chi connectivity index (χ4n) is 9.82. The van der Waals surface area contributed by atoms with Gasteiger partial charge in [-0.05, 0) is 93.3 Å². The van der Waals surface area contributed by atoms with Crippen molar-refractivity contribution in [2.75, 3.05) is 89.6 Å². The monoisotopic (exact) mass is 848 g/mol. The molecule has 0 aliphatic carbocycles. The van der Waals surface area contributed by atoms with Gasteiger partial charge in [0.05, 0.1) is 59.7 Å². The molecule has 14 heteroatoms. The summed E-state index contributed by atoms with van der Waals surface area (Å²) in [5.74, 6) is 1.15. The van der Waals surface area contributed by atoms with E-state index in [0.29, 0.717) is 83.1 Å².